The van der Waals surface area contributed by atoms with Gasteiger partial charge in [-0.2, -0.15) is 0 Å². The van der Waals surface area contributed by atoms with Crippen LogP contribution < -0.4 is 5.32 Å². The number of aliphatic carboxylic acids is 1. The molecule has 2 aromatic carbocycles. The number of aromatic nitrogens is 6. The molecule has 4 aromatic rings. The van der Waals surface area contributed by atoms with Crippen LogP contribution in [0.3, 0.4) is 0 Å². The Bertz CT molecular complexity index is 1270. The number of hydrogen-bond donors (Lipinski definition) is 3. The lowest BCUT2D eigenvalue weighted by Gasteiger charge is -2.18. The number of benzene rings is 2. The summed E-state index contributed by atoms with van der Waals surface area (Å²) >= 11 is 0. The Hall–Kier alpha value is -4.34. The summed E-state index contributed by atoms with van der Waals surface area (Å²) < 4.78 is 1.91. The van der Waals surface area contributed by atoms with Crippen molar-refractivity contribution in [1.29, 1.82) is 0 Å². The Morgan fingerprint density at radius 1 is 1.08 bits per heavy atom. The summed E-state index contributed by atoms with van der Waals surface area (Å²) in [7, 11) is 0. The van der Waals surface area contributed by atoms with Crippen molar-refractivity contribution in [2.45, 2.75) is 51.6 Å². The Labute approximate surface area is 208 Å². The third-order valence-electron chi connectivity index (χ3n) is 5.92. The summed E-state index contributed by atoms with van der Waals surface area (Å²) in [6, 6.07) is 16.8. The number of rotatable bonds is 12. The normalized spacial score (nSPS) is 11.8. The Balaban J connectivity index is 1.55. The molecular formula is C26H29N7O3. The van der Waals surface area contributed by atoms with E-state index in [1.54, 1.807) is 6.20 Å². The molecule has 0 radical (unpaired) electrons. The van der Waals surface area contributed by atoms with Crippen molar-refractivity contribution < 1.29 is 14.7 Å². The van der Waals surface area contributed by atoms with E-state index in [-0.39, 0.29) is 12.3 Å². The number of nitrogens with zero attached hydrogens (tertiary/aromatic N) is 5. The molecule has 0 spiro atoms. The summed E-state index contributed by atoms with van der Waals surface area (Å²) in [6.45, 7) is 2.57. The second-order valence-electron chi connectivity index (χ2n) is 8.65. The van der Waals surface area contributed by atoms with E-state index in [0.29, 0.717) is 24.5 Å². The van der Waals surface area contributed by atoms with Gasteiger partial charge in [0, 0.05) is 24.6 Å². The monoisotopic (exact) mass is 487 g/mol. The quantitative estimate of drug-likeness (QED) is 0.279. The lowest BCUT2D eigenvalue weighted by Crippen LogP contribution is -2.39. The zero-order valence-corrected chi connectivity index (χ0v) is 20.1. The Morgan fingerprint density at radius 3 is 2.53 bits per heavy atom. The molecule has 10 heteroatoms. The number of tetrazole rings is 1. The number of aryl methyl sites for hydroxylation is 1. The molecule has 1 unspecified atom stereocenters. The van der Waals surface area contributed by atoms with E-state index in [4.69, 9.17) is 0 Å². The van der Waals surface area contributed by atoms with Crippen LogP contribution in [0.5, 0.6) is 0 Å². The molecule has 4 rings (SSSR count). The van der Waals surface area contributed by atoms with E-state index >= 15 is 0 Å². The van der Waals surface area contributed by atoms with Crippen LogP contribution in [-0.2, 0) is 24.2 Å². The molecular weight excluding hydrogens is 458 g/mol. The highest BCUT2D eigenvalue weighted by atomic mass is 16.4. The molecule has 10 nitrogen and oxygen atoms in total. The van der Waals surface area contributed by atoms with Gasteiger partial charge in [0.1, 0.15) is 11.5 Å². The van der Waals surface area contributed by atoms with Gasteiger partial charge < -0.3 is 15.0 Å². The topological polar surface area (TPSA) is 139 Å². The summed E-state index contributed by atoms with van der Waals surface area (Å²) in [5.74, 6) is 0.103. The first kappa shape index (κ1) is 24.8. The highest BCUT2D eigenvalue weighted by Gasteiger charge is 2.22. The molecule has 0 saturated heterocycles. The number of hydrogen-bond acceptors (Lipinski definition) is 6. The summed E-state index contributed by atoms with van der Waals surface area (Å²) in [4.78, 5) is 29.4. The smallest absolute Gasteiger partial charge is 0.305 e. The van der Waals surface area contributed by atoms with Crippen molar-refractivity contribution in [2.75, 3.05) is 0 Å². The molecule has 1 atom stereocenters. The number of aromatic amines is 1. The van der Waals surface area contributed by atoms with Crippen LogP contribution in [-0.4, -0.2) is 53.2 Å². The first-order valence-corrected chi connectivity index (χ1v) is 12.0. The molecule has 36 heavy (non-hydrogen) atoms. The first-order valence-electron chi connectivity index (χ1n) is 12.0. The standard InChI is InChI=1S/C26H29N7O3/c1-2-3-9-23-27-16-22(26(36)28-21(15-24(34)35)14-18-7-5-4-6-8-18)33(23)17-19-10-12-20(13-11-19)25-29-31-32-30-25/h4-8,10-13,16,21H,2-3,9,14-15,17H2,1H3,(H,28,36)(H,34,35)(H,29,30,31,32). The lowest BCUT2D eigenvalue weighted by molar-refractivity contribution is -0.137. The van der Waals surface area contributed by atoms with Crippen molar-refractivity contribution in [1.82, 2.24) is 35.5 Å². The number of imidazole rings is 1. The minimum Gasteiger partial charge on any atom is -0.481 e. The molecule has 0 aliphatic heterocycles. The predicted molar refractivity (Wildman–Crippen MR) is 133 cm³/mol. The van der Waals surface area contributed by atoms with Gasteiger partial charge in [0.15, 0.2) is 5.82 Å². The van der Waals surface area contributed by atoms with Gasteiger partial charge in [-0.1, -0.05) is 67.9 Å². The largest absolute Gasteiger partial charge is 0.481 e. The minimum absolute atomic E-state index is 0.171. The minimum atomic E-state index is -0.963. The van der Waals surface area contributed by atoms with Gasteiger partial charge in [0.2, 0.25) is 0 Å². The fraction of sp³-hybridized carbons (Fsp3) is 0.308. The fourth-order valence-corrected chi connectivity index (χ4v) is 4.08. The van der Waals surface area contributed by atoms with Crippen LogP contribution in [0.15, 0.2) is 60.8 Å². The molecule has 3 N–H and O–H groups in total. The third-order valence-corrected chi connectivity index (χ3v) is 5.92. The molecule has 0 bridgehead atoms. The van der Waals surface area contributed by atoms with E-state index in [0.717, 1.165) is 41.8 Å². The molecule has 186 valence electrons. The number of carboxylic acid groups (broad SMARTS) is 1. The van der Waals surface area contributed by atoms with Gasteiger partial charge in [-0.05, 0) is 34.4 Å². The van der Waals surface area contributed by atoms with Crippen LogP contribution in [0.25, 0.3) is 11.4 Å². The number of carbonyl (C=O) groups is 2. The molecule has 1 amide bonds. The Morgan fingerprint density at radius 2 is 1.86 bits per heavy atom. The third kappa shape index (κ3) is 6.41. The Kier molecular flexibility index (Phi) is 8.17. The lowest BCUT2D eigenvalue weighted by atomic mass is 10.0. The van der Waals surface area contributed by atoms with Gasteiger partial charge in [-0.15, -0.1) is 5.10 Å². The summed E-state index contributed by atoms with van der Waals surface area (Å²) in [6.07, 6.45) is 4.53. The van der Waals surface area contributed by atoms with Gasteiger partial charge in [-0.25, -0.2) is 10.1 Å². The average molecular weight is 488 g/mol. The van der Waals surface area contributed by atoms with Crippen molar-refractivity contribution in [3.8, 4) is 11.4 Å². The number of amides is 1. The fourth-order valence-electron chi connectivity index (χ4n) is 4.08. The summed E-state index contributed by atoms with van der Waals surface area (Å²) in [5.41, 5.74) is 3.22. The van der Waals surface area contributed by atoms with E-state index in [1.165, 1.54) is 0 Å². The van der Waals surface area contributed by atoms with Gasteiger partial charge >= 0.3 is 5.97 Å². The number of nitrogens with one attached hydrogen (secondary N) is 2. The van der Waals surface area contributed by atoms with Crippen LogP contribution >= 0.6 is 0 Å². The second-order valence-corrected chi connectivity index (χ2v) is 8.65. The van der Waals surface area contributed by atoms with Gasteiger partial charge in [-0.3, -0.25) is 9.59 Å². The van der Waals surface area contributed by atoms with Crippen molar-refractivity contribution in [2.24, 2.45) is 0 Å². The number of carboxylic acids is 1. The molecule has 0 fully saturated rings. The van der Waals surface area contributed by atoms with E-state index in [2.05, 4.69) is 37.8 Å². The highest BCUT2D eigenvalue weighted by molar-refractivity contribution is 5.93. The van der Waals surface area contributed by atoms with E-state index in [1.807, 2.05) is 59.2 Å². The number of unbranched alkanes of at least 4 members (excludes halogenated alkanes) is 1. The maximum Gasteiger partial charge on any atom is 0.305 e. The summed E-state index contributed by atoms with van der Waals surface area (Å²) in [5, 5.41) is 26.2. The maximum atomic E-state index is 13.3. The predicted octanol–water partition coefficient (Wildman–Crippen LogP) is 3.27. The van der Waals surface area contributed by atoms with Crippen molar-refractivity contribution >= 4 is 11.9 Å². The van der Waals surface area contributed by atoms with Crippen molar-refractivity contribution in [3.63, 3.8) is 0 Å². The van der Waals surface area contributed by atoms with Crippen LogP contribution in [0.1, 0.15) is 53.6 Å². The van der Waals surface area contributed by atoms with Crippen LogP contribution in [0, 0.1) is 0 Å². The van der Waals surface area contributed by atoms with Crippen molar-refractivity contribution in [3.05, 3.63) is 83.4 Å². The zero-order valence-electron chi connectivity index (χ0n) is 20.1. The molecule has 2 heterocycles. The first-order chi connectivity index (χ1) is 17.5. The number of H-pyrrole nitrogens is 1. The van der Waals surface area contributed by atoms with E-state index in [9.17, 15) is 14.7 Å². The second kappa shape index (κ2) is 11.9. The maximum absolute atomic E-state index is 13.3. The van der Waals surface area contributed by atoms with Crippen LogP contribution in [0.2, 0.25) is 0 Å². The van der Waals surface area contributed by atoms with E-state index < -0.39 is 12.0 Å². The average Bonchev–Trinajstić information content (AvgIpc) is 3.54. The molecule has 0 saturated carbocycles. The highest BCUT2D eigenvalue weighted by Crippen LogP contribution is 2.18. The van der Waals surface area contributed by atoms with Crippen LogP contribution in [0.4, 0.5) is 0 Å². The molecule has 2 aromatic heterocycles. The zero-order chi connectivity index (χ0) is 25.3. The molecule has 0 aliphatic rings. The SMILES string of the molecule is CCCCc1ncc(C(=O)NC(CC(=O)O)Cc2ccccc2)n1Cc1ccc(-c2nnn[nH]2)cc1. The van der Waals surface area contributed by atoms with Gasteiger partial charge in [0.25, 0.3) is 5.91 Å². The van der Waals surface area contributed by atoms with Gasteiger partial charge in [0.05, 0.1) is 12.6 Å². The number of carbonyl (C=O) groups excluding carboxylic acids is 1. The molecule has 0 aliphatic carbocycles.